The Kier molecular flexibility index (Phi) is 4.82. The molecule has 8 heteroatoms. The predicted octanol–water partition coefficient (Wildman–Crippen LogP) is 3.16. The molecule has 6 nitrogen and oxygen atoms in total. The SMILES string of the molecule is C[C@H](OC(=O)Cc1cn2ccsc2n1)C(=O)Nc1cccc(Cl)c1. The lowest BCUT2D eigenvalue weighted by atomic mass is 10.3. The Morgan fingerprint density at radius 2 is 2.29 bits per heavy atom. The molecule has 0 aliphatic carbocycles. The molecule has 0 fully saturated rings. The smallest absolute Gasteiger partial charge is 0.312 e. The number of nitrogens with zero attached hydrogens (tertiary/aromatic N) is 2. The van der Waals surface area contributed by atoms with Crippen molar-refractivity contribution in [1.29, 1.82) is 0 Å². The van der Waals surface area contributed by atoms with Crippen LogP contribution in [0.25, 0.3) is 4.96 Å². The van der Waals surface area contributed by atoms with Gasteiger partial charge in [-0.2, -0.15) is 0 Å². The van der Waals surface area contributed by atoms with Crippen molar-refractivity contribution in [2.75, 3.05) is 5.32 Å². The average molecular weight is 364 g/mol. The zero-order valence-corrected chi connectivity index (χ0v) is 14.3. The van der Waals surface area contributed by atoms with E-state index in [9.17, 15) is 9.59 Å². The molecule has 3 aromatic rings. The van der Waals surface area contributed by atoms with Crippen molar-refractivity contribution in [3.63, 3.8) is 0 Å². The van der Waals surface area contributed by atoms with E-state index in [1.54, 1.807) is 30.5 Å². The third-order valence-corrected chi connectivity index (χ3v) is 4.24. The van der Waals surface area contributed by atoms with Crippen LogP contribution in [0.15, 0.2) is 42.0 Å². The molecule has 24 heavy (non-hydrogen) atoms. The quantitative estimate of drug-likeness (QED) is 0.707. The molecule has 0 aliphatic heterocycles. The summed E-state index contributed by atoms with van der Waals surface area (Å²) in [5.41, 5.74) is 1.15. The molecule has 124 valence electrons. The Labute approximate surface area is 147 Å². The highest BCUT2D eigenvalue weighted by Crippen LogP contribution is 2.16. The lowest BCUT2D eigenvalue weighted by molar-refractivity contribution is -0.152. The minimum absolute atomic E-state index is 0.0170. The van der Waals surface area contributed by atoms with E-state index in [4.69, 9.17) is 16.3 Å². The van der Waals surface area contributed by atoms with Crippen LogP contribution >= 0.6 is 22.9 Å². The van der Waals surface area contributed by atoms with Crippen molar-refractivity contribution >= 4 is 45.5 Å². The van der Waals surface area contributed by atoms with Gasteiger partial charge in [0, 0.05) is 28.5 Å². The molecular formula is C16H14ClN3O3S. The molecule has 1 atom stereocenters. The van der Waals surface area contributed by atoms with Gasteiger partial charge < -0.3 is 10.1 Å². The lowest BCUT2D eigenvalue weighted by Crippen LogP contribution is -2.30. The maximum atomic E-state index is 12.1. The first-order valence-electron chi connectivity index (χ1n) is 7.18. The van der Waals surface area contributed by atoms with E-state index >= 15 is 0 Å². The first-order valence-corrected chi connectivity index (χ1v) is 8.44. The van der Waals surface area contributed by atoms with Crippen LogP contribution in [0, 0.1) is 0 Å². The van der Waals surface area contributed by atoms with Crippen LogP contribution in [-0.2, 0) is 20.7 Å². The number of imidazole rings is 1. The summed E-state index contributed by atoms with van der Waals surface area (Å²) in [5, 5.41) is 5.07. The van der Waals surface area contributed by atoms with Crippen molar-refractivity contribution in [1.82, 2.24) is 9.38 Å². The monoisotopic (exact) mass is 363 g/mol. The van der Waals surface area contributed by atoms with Gasteiger partial charge in [0.25, 0.3) is 5.91 Å². The number of hydrogen-bond donors (Lipinski definition) is 1. The van der Waals surface area contributed by atoms with Crippen molar-refractivity contribution in [3.05, 3.63) is 52.8 Å². The number of carbonyl (C=O) groups excluding carboxylic acids is 2. The number of ether oxygens (including phenoxy) is 1. The molecule has 3 rings (SSSR count). The van der Waals surface area contributed by atoms with E-state index in [1.165, 1.54) is 18.3 Å². The van der Waals surface area contributed by atoms with Crippen molar-refractivity contribution < 1.29 is 14.3 Å². The summed E-state index contributed by atoms with van der Waals surface area (Å²) in [4.78, 5) is 29.1. The van der Waals surface area contributed by atoms with E-state index in [1.807, 2.05) is 16.0 Å². The van der Waals surface area contributed by atoms with E-state index in [0.29, 0.717) is 16.4 Å². The summed E-state index contributed by atoms with van der Waals surface area (Å²) in [6, 6.07) is 6.75. The molecule has 1 N–H and O–H groups in total. The van der Waals surface area contributed by atoms with Crippen LogP contribution in [0.5, 0.6) is 0 Å². The summed E-state index contributed by atoms with van der Waals surface area (Å²) < 4.78 is 7.00. The van der Waals surface area contributed by atoms with Crippen LogP contribution < -0.4 is 5.32 Å². The van der Waals surface area contributed by atoms with Crippen molar-refractivity contribution in [2.24, 2.45) is 0 Å². The van der Waals surface area contributed by atoms with Crippen LogP contribution in [-0.4, -0.2) is 27.4 Å². The Hall–Kier alpha value is -2.38. The number of nitrogens with one attached hydrogen (secondary N) is 1. The van der Waals surface area contributed by atoms with Crippen LogP contribution in [0.4, 0.5) is 5.69 Å². The molecule has 0 saturated carbocycles. The van der Waals surface area contributed by atoms with Crippen LogP contribution in [0.2, 0.25) is 5.02 Å². The van der Waals surface area contributed by atoms with E-state index < -0.39 is 18.0 Å². The second kappa shape index (κ2) is 7.02. The normalized spacial score (nSPS) is 12.1. The van der Waals surface area contributed by atoms with Gasteiger partial charge in [-0.1, -0.05) is 17.7 Å². The van der Waals surface area contributed by atoms with E-state index in [0.717, 1.165) is 4.96 Å². The number of carbonyl (C=O) groups is 2. The number of rotatable bonds is 5. The molecule has 2 aromatic heterocycles. The summed E-state index contributed by atoms with van der Waals surface area (Å²) in [7, 11) is 0. The highest BCUT2D eigenvalue weighted by molar-refractivity contribution is 7.15. The Morgan fingerprint density at radius 1 is 1.46 bits per heavy atom. The van der Waals surface area contributed by atoms with Crippen molar-refractivity contribution in [3.8, 4) is 0 Å². The third kappa shape index (κ3) is 3.93. The van der Waals surface area contributed by atoms with Crippen LogP contribution in [0.1, 0.15) is 12.6 Å². The van der Waals surface area contributed by atoms with Gasteiger partial charge in [0.2, 0.25) is 0 Å². The number of anilines is 1. The van der Waals surface area contributed by atoms with E-state index in [-0.39, 0.29) is 6.42 Å². The topological polar surface area (TPSA) is 72.7 Å². The number of halogens is 1. The molecule has 0 saturated heterocycles. The largest absolute Gasteiger partial charge is 0.452 e. The number of hydrogen-bond acceptors (Lipinski definition) is 5. The van der Waals surface area contributed by atoms with Crippen LogP contribution in [0.3, 0.4) is 0 Å². The minimum atomic E-state index is -0.916. The zero-order chi connectivity index (χ0) is 17.1. The summed E-state index contributed by atoms with van der Waals surface area (Å²) in [5.74, 6) is -0.925. The molecule has 0 unspecified atom stereocenters. The number of aromatic nitrogens is 2. The summed E-state index contributed by atoms with van der Waals surface area (Å²) >= 11 is 7.34. The first kappa shape index (κ1) is 16.5. The Morgan fingerprint density at radius 3 is 3.04 bits per heavy atom. The Bertz CT molecular complexity index is 861. The molecule has 2 heterocycles. The fourth-order valence-electron chi connectivity index (χ4n) is 2.11. The van der Waals surface area contributed by atoms with Gasteiger partial charge >= 0.3 is 5.97 Å². The summed E-state index contributed by atoms with van der Waals surface area (Å²) in [6.45, 7) is 1.52. The number of fused-ring (bicyclic) bond motifs is 1. The molecule has 0 spiro atoms. The summed E-state index contributed by atoms with van der Waals surface area (Å²) in [6.07, 6.45) is 2.73. The fourth-order valence-corrected chi connectivity index (χ4v) is 3.02. The van der Waals surface area contributed by atoms with Gasteiger partial charge in [0.15, 0.2) is 11.1 Å². The molecule has 0 bridgehead atoms. The number of amides is 1. The van der Waals surface area contributed by atoms with Gasteiger partial charge in [-0.15, -0.1) is 11.3 Å². The molecule has 1 aromatic carbocycles. The highest BCUT2D eigenvalue weighted by atomic mass is 35.5. The minimum Gasteiger partial charge on any atom is -0.452 e. The van der Waals surface area contributed by atoms with Gasteiger partial charge in [-0.3, -0.25) is 14.0 Å². The van der Waals surface area contributed by atoms with Gasteiger partial charge in [-0.05, 0) is 25.1 Å². The Balaban J connectivity index is 1.55. The highest BCUT2D eigenvalue weighted by Gasteiger charge is 2.19. The number of esters is 1. The van der Waals surface area contributed by atoms with Gasteiger partial charge in [0.05, 0.1) is 12.1 Å². The molecule has 1 amide bonds. The predicted molar refractivity (Wildman–Crippen MR) is 92.4 cm³/mol. The third-order valence-electron chi connectivity index (χ3n) is 3.24. The maximum absolute atomic E-state index is 12.1. The van der Waals surface area contributed by atoms with E-state index in [2.05, 4.69) is 10.3 Å². The second-order valence-electron chi connectivity index (χ2n) is 5.13. The standard InChI is InChI=1S/C16H14ClN3O3S/c1-10(15(22)18-12-4-2-3-11(17)7-12)23-14(21)8-13-9-20-5-6-24-16(20)19-13/h2-7,9-10H,8H2,1H3,(H,18,22)/t10-/m0/s1. The molecular weight excluding hydrogens is 350 g/mol. The fraction of sp³-hybridized carbons (Fsp3) is 0.188. The van der Waals surface area contributed by atoms with Crippen molar-refractivity contribution in [2.45, 2.75) is 19.4 Å². The first-order chi connectivity index (χ1) is 11.5. The number of benzene rings is 1. The lowest BCUT2D eigenvalue weighted by Gasteiger charge is -2.13. The number of thiazole rings is 1. The molecule has 0 radical (unpaired) electrons. The van der Waals surface area contributed by atoms with Gasteiger partial charge in [0.1, 0.15) is 0 Å². The van der Waals surface area contributed by atoms with Gasteiger partial charge in [-0.25, -0.2) is 4.98 Å². The second-order valence-corrected chi connectivity index (χ2v) is 6.44. The maximum Gasteiger partial charge on any atom is 0.312 e. The molecule has 0 aliphatic rings. The average Bonchev–Trinajstić information content (AvgIpc) is 3.08. The zero-order valence-electron chi connectivity index (χ0n) is 12.7.